The van der Waals surface area contributed by atoms with Crippen LogP contribution in [0.3, 0.4) is 0 Å². The number of amides is 1. The second-order valence-corrected chi connectivity index (χ2v) is 9.11. The van der Waals surface area contributed by atoms with Crippen LogP contribution in [0.5, 0.6) is 0 Å². The highest BCUT2D eigenvalue weighted by Gasteiger charge is 2.26. The van der Waals surface area contributed by atoms with Gasteiger partial charge in [-0.3, -0.25) is 4.68 Å². The molecule has 10 heteroatoms. The SMILES string of the molecule is Cn1ccc(Nc2ncnc(-c3cc4c(cc3F)[C@H](NC(=O)OC(C)(C)C)CCCC4)n2)n1. The standard InChI is InChI=1S/C23H28FN7O2/c1-23(2,3)33-22(32)27-18-8-6-5-7-14-11-16(17(24)12-15(14)18)20-25-13-26-21(29-20)28-19-9-10-31(4)30-19/h9-13,18H,5-8H2,1-4H3,(H,27,32)(H,25,26,28,29,30)/t18-/m1/s1. The van der Waals surface area contributed by atoms with Crippen LogP contribution in [-0.4, -0.2) is 36.4 Å². The number of nitrogens with one attached hydrogen (secondary N) is 2. The maximum absolute atomic E-state index is 15.3. The van der Waals surface area contributed by atoms with Crippen LogP contribution in [0.1, 0.15) is 57.2 Å². The number of halogens is 1. The minimum atomic E-state index is -0.605. The minimum absolute atomic E-state index is 0.227. The zero-order chi connectivity index (χ0) is 23.6. The van der Waals surface area contributed by atoms with Crippen molar-refractivity contribution >= 4 is 17.9 Å². The summed E-state index contributed by atoms with van der Waals surface area (Å²) >= 11 is 0. The summed E-state index contributed by atoms with van der Waals surface area (Å²) in [5, 5.41) is 10.1. The number of anilines is 2. The van der Waals surface area contributed by atoms with Crippen LogP contribution in [0.4, 0.5) is 21.0 Å². The molecule has 3 aromatic rings. The van der Waals surface area contributed by atoms with Crippen molar-refractivity contribution in [1.29, 1.82) is 0 Å². The van der Waals surface area contributed by atoms with Gasteiger partial charge in [0.05, 0.1) is 11.6 Å². The lowest BCUT2D eigenvalue weighted by atomic mass is 9.96. The summed E-state index contributed by atoms with van der Waals surface area (Å²) in [6, 6.07) is 4.72. The Morgan fingerprint density at radius 2 is 2.06 bits per heavy atom. The third-order valence-electron chi connectivity index (χ3n) is 5.25. The fraction of sp³-hybridized carbons (Fsp3) is 0.435. The van der Waals surface area contributed by atoms with Gasteiger partial charge in [-0.25, -0.2) is 19.2 Å². The lowest BCUT2D eigenvalue weighted by molar-refractivity contribution is 0.0500. The fourth-order valence-corrected chi connectivity index (χ4v) is 3.85. The molecule has 9 nitrogen and oxygen atoms in total. The number of ether oxygens (including phenoxy) is 1. The number of hydrogen-bond donors (Lipinski definition) is 2. The Morgan fingerprint density at radius 3 is 2.79 bits per heavy atom. The van der Waals surface area contributed by atoms with Crippen molar-refractivity contribution in [2.24, 2.45) is 7.05 Å². The number of nitrogens with zero attached hydrogens (tertiary/aromatic N) is 5. The van der Waals surface area contributed by atoms with Gasteiger partial charge in [-0.1, -0.05) is 6.42 Å². The normalized spacial score (nSPS) is 16.0. The van der Waals surface area contributed by atoms with Crippen molar-refractivity contribution < 1.29 is 13.9 Å². The lowest BCUT2D eigenvalue weighted by Gasteiger charge is -2.24. The molecule has 0 radical (unpaired) electrons. The summed E-state index contributed by atoms with van der Waals surface area (Å²) in [6.45, 7) is 5.43. The molecule has 0 saturated heterocycles. The number of hydrogen-bond acceptors (Lipinski definition) is 7. The molecule has 1 aliphatic rings. The quantitative estimate of drug-likeness (QED) is 0.562. The third kappa shape index (κ3) is 5.63. The first-order chi connectivity index (χ1) is 15.7. The van der Waals surface area contributed by atoms with Crippen molar-refractivity contribution in [2.75, 3.05) is 5.32 Å². The van der Waals surface area contributed by atoms with Gasteiger partial charge in [0.2, 0.25) is 5.95 Å². The maximum Gasteiger partial charge on any atom is 0.408 e. The molecule has 0 aliphatic heterocycles. The van der Waals surface area contributed by atoms with E-state index in [0.717, 1.165) is 36.8 Å². The van der Waals surface area contributed by atoms with E-state index in [1.54, 1.807) is 30.1 Å². The molecule has 33 heavy (non-hydrogen) atoms. The molecule has 4 rings (SSSR count). The van der Waals surface area contributed by atoms with Crippen LogP contribution < -0.4 is 10.6 Å². The number of aromatic nitrogens is 5. The number of carbonyl (C=O) groups is 1. The molecule has 174 valence electrons. The Balaban J connectivity index is 1.61. The molecule has 1 aliphatic carbocycles. The summed E-state index contributed by atoms with van der Waals surface area (Å²) in [4.78, 5) is 25.0. The zero-order valence-electron chi connectivity index (χ0n) is 19.2. The molecule has 1 amide bonds. The van der Waals surface area contributed by atoms with E-state index >= 15 is 4.39 Å². The molecule has 0 saturated carbocycles. The van der Waals surface area contributed by atoms with Crippen LogP contribution in [0.25, 0.3) is 11.4 Å². The van der Waals surface area contributed by atoms with E-state index in [4.69, 9.17) is 4.74 Å². The Morgan fingerprint density at radius 1 is 1.24 bits per heavy atom. The highest BCUT2D eigenvalue weighted by atomic mass is 19.1. The molecule has 1 aromatic carbocycles. The van der Waals surface area contributed by atoms with E-state index in [1.807, 2.05) is 20.8 Å². The summed E-state index contributed by atoms with van der Waals surface area (Å²) in [6.07, 6.45) is 5.97. The largest absolute Gasteiger partial charge is 0.444 e. The Labute approximate surface area is 191 Å². The minimum Gasteiger partial charge on any atom is -0.444 e. The highest BCUT2D eigenvalue weighted by Crippen LogP contribution is 2.33. The number of aryl methyl sites for hydroxylation is 2. The summed E-state index contributed by atoms with van der Waals surface area (Å²) in [5.41, 5.74) is 1.41. The van der Waals surface area contributed by atoms with Gasteiger partial charge >= 0.3 is 6.09 Å². The van der Waals surface area contributed by atoms with Crippen molar-refractivity contribution in [3.8, 4) is 11.4 Å². The van der Waals surface area contributed by atoms with Gasteiger partial charge in [0.1, 0.15) is 17.7 Å². The highest BCUT2D eigenvalue weighted by molar-refractivity contribution is 5.69. The molecule has 2 aromatic heterocycles. The Hall–Kier alpha value is -3.56. The number of rotatable bonds is 4. The second-order valence-electron chi connectivity index (χ2n) is 9.11. The molecular weight excluding hydrogens is 425 g/mol. The summed E-state index contributed by atoms with van der Waals surface area (Å²) in [5.74, 6) is 0.622. The third-order valence-corrected chi connectivity index (χ3v) is 5.25. The first-order valence-corrected chi connectivity index (χ1v) is 11.0. The van der Waals surface area contributed by atoms with E-state index in [0.29, 0.717) is 5.82 Å². The van der Waals surface area contributed by atoms with Gasteiger partial charge in [0.15, 0.2) is 11.6 Å². The Kier molecular flexibility index (Phi) is 6.26. The first kappa shape index (κ1) is 22.6. The van der Waals surface area contributed by atoms with Gasteiger partial charge in [0, 0.05) is 19.3 Å². The molecule has 0 bridgehead atoms. The van der Waals surface area contributed by atoms with Gasteiger partial charge in [-0.15, -0.1) is 0 Å². The van der Waals surface area contributed by atoms with Crippen LogP contribution in [-0.2, 0) is 18.2 Å². The summed E-state index contributed by atoms with van der Waals surface area (Å²) in [7, 11) is 1.81. The van der Waals surface area contributed by atoms with Crippen molar-refractivity contribution in [3.05, 3.63) is 47.7 Å². The van der Waals surface area contributed by atoms with E-state index < -0.39 is 17.5 Å². The molecule has 0 spiro atoms. The van der Waals surface area contributed by atoms with Gasteiger partial charge in [-0.05, 0) is 63.3 Å². The predicted molar refractivity (Wildman–Crippen MR) is 121 cm³/mol. The molecule has 0 unspecified atom stereocenters. The summed E-state index contributed by atoms with van der Waals surface area (Å²) < 4.78 is 22.3. The molecule has 0 fully saturated rings. The van der Waals surface area contributed by atoms with E-state index in [2.05, 4.69) is 30.7 Å². The molecular formula is C23H28FN7O2. The topological polar surface area (TPSA) is 107 Å². The fourth-order valence-electron chi connectivity index (χ4n) is 3.85. The molecule has 2 N–H and O–H groups in total. The lowest BCUT2D eigenvalue weighted by Crippen LogP contribution is -2.35. The smallest absolute Gasteiger partial charge is 0.408 e. The van der Waals surface area contributed by atoms with E-state index in [-0.39, 0.29) is 23.4 Å². The van der Waals surface area contributed by atoms with Crippen LogP contribution >= 0.6 is 0 Å². The average molecular weight is 454 g/mol. The second kappa shape index (κ2) is 9.13. The number of carbonyl (C=O) groups excluding carboxylic acids is 1. The zero-order valence-corrected chi connectivity index (χ0v) is 19.2. The number of fused-ring (bicyclic) bond motifs is 1. The van der Waals surface area contributed by atoms with Crippen LogP contribution in [0.2, 0.25) is 0 Å². The van der Waals surface area contributed by atoms with Crippen LogP contribution in [0.15, 0.2) is 30.7 Å². The van der Waals surface area contributed by atoms with Crippen molar-refractivity contribution in [3.63, 3.8) is 0 Å². The number of alkyl carbamates (subject to hydrolysis) is 1. The monoisotopic (exact) mass is 453 g/mol. The van der Waals surface area contributed by atoms with Gasteiger partial charge in [0.25, 0.3) is 0 Å². The number of benzene rings is 1. The predicted octanol–water partition coefficient (Wildman–Crippen LogP) is 4.45. The van der Waals surface area contributed by atoms with Crippen molar-refractivity contribution in [1.82, 2.24) is 30.0 Å². The average Bonchev–Trinajstić information content (AvgIpc) is 3.04. The first-order valence-electron chi connectivity index (χ1n) is 11.0. The molecule has 2 heterocycles. The van der Waals surface area contributed by atoms with E-state index in [9.17, 15) is 4.79 Å². The van der Waals surface area contributed by atoms with Crippen molar-refractivity contribution in [2.45, 2.75) is 58.1 Å². The van der Waals surface area contributed by atoms with Gasteiger partial charge in [-0.2, -0.15) is 10.1 Å². The van der Waals surface area contributed by atoms with E-state index in [1.165, 1.54) is 12.4 Å². The van der Waals surface area contributed by atoms with Crippen LogP contribution in [0, 0.1) is 5.82 Å². The molecule has 1 atom stereocenters. The Bertz CT molecular complexity index is 1160. The van der Waals surface area contributed by atoms with Gasteiger partial charge < -0.3 is 15.4 Å². The maximum atomic E-state index is 15.3.